The fourth-order valence-corrected chi connectivity index (χ4v) is 5.67. The summed E-state index contributed by atoms with van der Waals surface area (Å²) in [4.78, 5) is 0. The molecule has 1 rings (SSSR count). The van der Waals surface area contributed by atoms with E-state index in [4.69, 9.17) is 0 Å². The van der Waals surface area contributed by atoms with E-state index in [1.54, 1.807) is 0 Å². The van der Waals surface area contributed by atoms with E-state index in [2.05, 4.69) is 31.2 Å². The second kappa shape index (κ2) is 3.11. The van der Waals surface area contributed by atoms with Crippen LogP contribution in [0, 0.1) is 5.92 Å². The highest BCUT2D eigenvalue weighted by Gasteiger charge is 2.37. The summed E-state index contributed by atoms with van der Waals surface area (Å²) in [6, 6.07) is 1.46. The average Bonchev–Trinajstić information content (AvgIpc) is 2.07. The van der Waals surface area contributed by atoms with Crippen LogP contribution in [0.5, 0.6) is 0 Å². The Labute approximate surface area is 71.2 Å². The van der Waals surface area contributed by atoms with Crippen molar-refractivity contribution in [2.45, 2.75) is 26.1 Å². The van der Waals surface area contributed by atoms with Crippen molar-refractivity contribution in [1.82, 2.24) is 4.57 Å². The Morgan fingerprint density at radius 3 is 2.64 bits per heavy atom. The summed E-state index contributed by atoms with van der Waals surface area (Å²) < 4.78 is 2.64. The first kappa shape index (κ1) is 9.01. The van der Waals surface area contributed by atoms with Crippen LogP contribution >= 0.6 is 0 Å². The number of rotatable bonds is 2. The lowest BCUT2D eigenvalue weighted by molar-refractivity contribution is 0.455. The van der Waals surface area contributed by atoms with Gasteiger partial charge >= 0.3 is 0 Å². The highest BCUT2D eigenvalue weighted by molar-refractivity contribution is 6.75. The van der Waals surface area contributed by atoms with Crippen molar-refractivity contribution in [3.05, 3.63) is 12.7 Å². The predicted octanol–water partition coefficient (Wildman–Crippen LogP) is 2.33. The van der Waals surface area contributed by atoms with Gasteiger partial charge in [0.1, 0.15) is 8.24 Å². The van der Waals surface area contributed by atoms with Crippen LogP contribution in [0.15, 0.2) is 12.7 Å². The third kappa shape index (κ3) is 1.94. The highest BCUT2D eigenvalue weighted by Crippen LogP contribution is 2.29. The molecule has 0 aromatic rings. The standard InChI is InChI=1S/C9H19NSi/c1-5-6-10-7-9(2)8-11(10,3)4/h5,9H,1,6-8H2,2-4H3. The van der Waals surface area contributed by atoms with Gasteiger partial charge in [-0.05, 0) is 18.5 Å². The Hall–Kier alpha value is -0.0831. The van der Waals surface area contributed by atoms with Crippen LogP contribution in [0.1, 0.15) is 6.92 Å². The lowest BCUT2D eigenvalue weighted by Gasteiger charge is -2.27. The van der Waals surface area contributed by atoms with Gasteiger partial charge in [-0.2, -0.15) is 0 Å². The summed E-state index contributed by atoms with van der Waals surface area (Å²) in [6.07, 6.45) is 2.03. The second-order valence-corrected chi connectivity index (χ2v) is 8.98. The summed E-state index contributed by atoms with van der Waals surface area (Å²) in [5.74, 6) is 0.914. The molecule has 1 aliphatic heterocycles. The summed E-state index contributed by atoms with van der Waals surface area (Å²) in [6.45, 7) is 13.5. The Kier molecular flexibility index (Phi) is 2.55. The van der Waals surface area contributed by atoms with Crippen LogP contribution < -0.4 is 0 Å². The van der Waals surface area contributed by atoms with E-state index in [-0.39, 0.29) is 0 Å². The minimum Gasteiger partial charge on any atom is -0.320 e. The molecule has 2 heteroatoms. The molecule has 1 nitrogen and oxygen atoms in total. The minimum atomic E-state index is -0.992. The van der Waals surface area contributed by atoms with Gasteiger partial charge in [0.25, 0.3) is 0 Å². The normalized spacial score (nSPS) is 30.6. The molecule has 1 unspecified atom stereocenters. The maximum atomic E-state index is 3.80. The van der Waals surface area contributed by atoms with E-state index in [0.717, 1.165) is 12.5 Å². The second-order valence-electron chi connectivity index (χ2n) is 4.32. The van der Waals surface area contributed by atoms with E-state index in [9.17, 15) is 0 Å². The minimum absolute atomic E-state index is 0.914. The number of nitrogens with zero attached hydrogens (tertiary/aromatic N) is 1. The summed E-state index contributed by atoms with van der Waals surface area (Å²) in [5.41, 5.74) is 0. The molecule has 0 aromatic carbocycles. The quantitative estimate of drug-likeness (QED) is 0.453. The topological polar surface area (TPSA) is 3.24 Å². The molecular formula is C9H19NSi. The molecule has 0 aliphatic carbocycles. The Bertz CT molecular complexity index is 154. The molecule has 1 fully saturated rings. The van der Waals surface area contributed by atoms with Crippen molar-refractivity contribution in [2.24, 2.45) is 5.92 Å². The van der Waals surface area contributed by atoms with Crippen molar-refractivity contribution in [3.8, 4) is 0 Å². The molecule has 0 bridgehead atoms. The third-order valence-corrected chi connectivity index (χ3v) is 6.36. The van der Waals surface area contributed by atoms with Crippen LogP contribution in [0.3, 0.4) is 0 Å². The molecule has 0 N–H and O–H groups in total. The van der Waals surface area contributed by atoms with Crippen LogP contribution in [0.25, 0.3) is 0 Å². The highest BCUT2D eigenvalue weighted by atomic mass is 28.3. The Morgan fingerprint density at radius 1 is 1.64 bits per heavy atom. The van der Waals surface area contributed by atoms with Crippen molar-refractivity contribution >= 4 is 8.24 Å². The molecule has 1 heterocycles. The lowest BCUT2D eigenvalue weighted by atomic mass is 10.2. The fourth-order valence-electron chi connectivity index (χ4n) is 2.15. The van der Waals surface area contributed by atoms with Gasteiger partial charge in [0.05, 0.1) is 0 Å². The zero-order valence-electron chi connectivity index (χ0n) is 7.93. The van der Waals surface area contributed by atoms with Crippen LogP contribution in [0.4, 0.5) is 0 Å². The van der Waals surface area contributed by atoms with Crippen LogP contribution in [-0.4, -0.2) is 25.9 Å². The predicted molar refractivity (Wildman–Crippen MR) is 53.2 cm³/mol. The average molecular weight is 169 g/mol. The first-order chi connectivity index (χ1) is 5.06. The van der Waals surface area contributed by atoms with Crippen LogP contribution in [-0.2, 0) is 0 Å². The number of hydrogen-bond acceptors (Lipinski definition) is 1. The SMILES string of the molecule is C=CCN1CC(C)C[Si]1(C)C. The van der Waals surface area contributed by atoms with E-state index in [1.165, 1.54) is 12.6 Å². The third-order valence-electron chi connectivity index (χ3n) is 2.59. The molecule has 0 spiro atoms. The number of hydrogen-bond donors (Lipinski definition) is 0. The summed E-state index contributed by atoms with van der Waals surface area (Å²) in [5, 5.41) is 0. The molecule has 0 saturated carbocycles. The van der Waals surface area contributed by atoms with E-state index < -0.39 is 8.24 Å². The zero-order chi connectivity index (χ0) is 8.48. The van der Waals surface area contributed by atoms with E-state index >= 15 is 0 Å². The smallest absolute Gasteiger partial charge is 0.122 e. The Balaban J connectivity index is 2.58. The molecule has 0 aromatic heterocycles. The van der Waals surface area contributed by atoms with Crippen molar-refractivity contribution in [2.75, 3.05) is 13.1 Å². The molecule has 0 radical (unpaired) electrons. The van der Waals surface area contributed by atoms with Gasteiger partial charge in [0, 0.05) is 6.54 Å². The Morgan fingerprint density at radius 2 is 2.27 bits per heavy atom. The van der Waals surface area contributed by atoms with Crippen molar-refractivity contribution < 1.29 is 0 Å². The van der Waals surface area contributed by atoms with Crippen molar-refractivity contribution in [3.63, 3.8) is 0 Å². The first-order valence-corrected chi connectivity index (χ1v) is 7.57. The van der Waals surface area contributed by atoms with Crippen molar-refractivity contribution in [1.29, 1.82) is 0 Å². The van der Waals surface area contributed by atoms with E-state index in [0.29, 0.717) is 0 Å². The molecular weight excluding hydrogens is 150 g/mol. The summed E-state index contributed by atoms with van der Waals surface area (Å²) in [7, 11) is -0.992. The van der Waals surface area contributed by atoms with E-state index in [1.807, 2.05) is 6.08 Å². The summed E-state index contributed by atoms with van der Waals surface area (Å²) >= 11 is 0. The maximum Gasteiger partial charge on any atom is 0.122 e. The fraction of sp³-hybridized carbons (Fsp3) is 0.778. The van der Waals surface area contributed by atoms with Gasteiger partial charge < -0.3 is 4.57 Å². The first-order valence-electron chi connectivity index (χ1n) is 4.42. The largest absolute Gasteiger partial charge is 0.320 e. The van der Waals surface area contributed by atoms with Gasteiger partial charge in [0.15, 0.2) is 0 Å². The van der Waals surface area contributed by atoms with Gasteiger partial charge in [-0.1, -0.05) is 26.1 Å². The molecule has 1 aliphatic rings. The van der Waals surface area contributed by atoms with Gasteiger partial charge in [-0.3, -0.25) is 0 Å². The van der Waals surface area contributed by atoms with Crippen LogP contribution in [0.2, 0.25) is 19.1 Å². The molecule has 1 atom stereocenters. The van der Waals surface area contributed by atoms with Gasteiger partial charge in [-0.25, -0.2) is 0 Å². The maximum absolute atomic E-state index is 3.80. The van der Waals surface area contributed by atoms with Gasteiger partial charge in [0.2, 0.25) is 0 Å². The molecule has 64 valence electrons. The lowest BCUT2D eigenvalue weighted by Crippen LogP contribution is -2.42. The zero-order valence-corrected chi connectivity index (χ0v) is 8.93. The molecule has 1 saturated heterocycles. The molecule has 0 amide bonds. The van der Waals surface area contributed by atoms with Gasteiger partial charge in [-0.15, -0.1) is 6.58 Å². The molecule has 11 heavy (non-hydrogen) atoms. The monoisotopic (exact) mass is 169 g/mol.